The number of rotatable bonds is 6. The van der Waals surface area contributed by atoms with Gasteiger partial charge in [-0.25, -0.2) is 4.39 Å². The zero-order chi connectivity index (χ0) is 13.7. The number of nitrogens with one attached hydrogen (secondary N) is 1. The lowest BCUT2D eigenvalue weighted by atomic mass is 10.0. The third kappa shape index (κ3) is 4.20. The zero-order valence-electron chi connectivity index (χ0n) is 11.6. The highest BCUT2D eigenvalue weighted by Gasteiger charge is 2.22. The van der Waals surface area contributed by atoms with Crippen molar-refractivity contribution in [3.05, 3.63) is 29.6 Å². The molecule has 106 valence electrons. The molecule has 1 unspecified atom stereocenters. The van der Waals surface area contributed by atoms with Crippen molar-refractivity contribution in [2.24, 2.45) is 0 Å². The molecule has 2 nitrogen and oxygen atoms in total. The van der Waals surface area contributed by atoms with E-state index in [1.807, 2.05) is 19.9 Å². The molecule has 0 saturated heterocycles. The first-order chi connectivity index (χ1) is 9.18. The molecular weight excluding hydrogens is 261 g/mol. The molecule has 0 radical (unpaired) electrons. The van der Waals surface area contributed by atoms with Crippen LogP contribution in [0.3, 0.4) is 0 Å². The van der Waals surface area contributed by atoms with Crippen molar-refractivity contribution in [3.63, 3.8) is 0 Å². The number of hydrogen-bond donors (Lipinski definition) is 1. The molecule has 1 N–H and O–H groups in total. The molecule has 1 atom stereocenters. The Balaban J connectivity index is 1.84. The molecular formula is C15H22FNOS. The van der Waals surface area contributed by atoms with Crippen LogP contribution in [0.25, 0.3) is 0 Å². The lowest BCUT2D eigenvalue weighted by molar-refractivity contribution is 0.0766. The number of halogens is 1. The molecule has 1 heterocycles. The predicted octanol–water partition coefficient (Wildman–Crippen LogP) is 3.77. The van der Waals surface area contributed by atoms with Crippen LogP contribution < -0.4 is 5.32 Å². The second-order valence-electron chi connectivity index (χ2n) is 5.08. The molecule has 2 rings (SSSR count). The minimum absolute atomic E-state index is 0.0860. The predicted molar refractivity (Wildman–Crippen MR) is 78.2 cm³/mol. The second kappa shape index (κ2) is 7.27. The highest BCUT2D eigenvalue weighted by molar-refractivity contribution is 7.99. The van der Waals surface area contributed by atoms with E-state index in [2.05, 4.69) is 5.32 Å². The van der Waals surface area contributed by atoms with E-state index < -0.39 is 0 Å². The fourth-order valence-electron chi connectivity index (χ4n) is 2.27. The third-order valence-corrected chi connectivity index (χ3v) is 4.35. The van der Waals surface area contributed by atoms with Gasteiger partial charge in [-0.05, 0) is 50.6 Å². The number of fused-ring (bicyclic) bond motifs is 1. The Labute approximate surface area is 119 Å². The van der Waals surface area contributed by atoms with Crippen LogP contribution in [0.5, 0.6) is 0 Å². The molecule has 0 fully saturated rings. The molecule has 0 aromatic heterocycles. The molecule has 1 aliphatic heterocycles. The van der Waals surface area contributed by atoms with E-state index in [4.69, 9.17) is 4.74 Å². The fourth-order valence-corrected chi connectivity index (χ4v) is 3.41. The number of benzene rings is 1. The monoisotopic (exact) mass is 283 g/mol. The molecule has 0 saturated carbocycles. The van der Waals surface area contributed by atoms with E-state index in [9.17, 15) is 4.39 Å². The number of ether oxygens (including phenoxy) is 1. The summed E-state index contributed by atoms with van der Waals surface area (Å²) in [6.45, 7) is 5.79. The maximum absolute atomic E-state index is 13.7. The summed E-state index contributed by atoms with van der Waals surface area (Å²) >= 11 is 1.63. The highest BCUT2D eigenvalue weighted by Crippen LogP contribution is 2.37. The van der Waals surface area contributed by atoms with Crippen LogP contribution in [0.2, 0.25) is 0 Å². The SMILES string of the molecule is CC(C)OCCCNC1CCSc2c(F)cccc21. The zero-order valence-corrected chi connectivity index (χ0v) is 12.4. The molecule has 1 aromatic rings. The Morgan fingerprint density at radius 3 is 3.11 bits per heavy atom. The van der Waals surface area contributed by atoms with Crippen LogP contribution in [-0.4, -0.2) is 25.0 Å². The van der Waals surface area contributed by atoms with Crippen LogP contribution in [-0.2, 0) is 4.74 Å². The van der Waals surface area contributed by atoms with Crippen LogP contribution in [0.15, 0.2) is 23.1 Å². The van der Waals surface area contributed by atoms with E-state index in [0.29, 0.717) is 6.10 Å². The summed E-state index contributed by atoms with van der Waals surface area (Å²) in [7, 11) is 0. The summed E-state index contributed by atoms with van der Waals surface area (Å²) < 4.78 is 19.2. The van der Waals surface area contributed by atoms with Crippen LogP contribution in [0.1, 0.15) is 38.3 Å². The maximum atomic E-state index is 13.7. The summed E-state index contributed by atoms with van der Waals surface area (Å²) in [6, 6.07) is 5.67. The van der Waals surface area contributed by atoms with Crippen molar-refractivity contribution < 1.29 is 9.13 Å². The normalized spacial score (nSPS) is 18.6. The first kappa shape index (κ1) is 14.8. The number of thioether (sulfide) groups is 1. The van der Waals surface area contributed by atoms with Gasteiger partial charge in [-0.3, -0.25) is 0 Å². The van der Waals surface area contributed by atoms with Gasteiger partial charge in [-0.15, -0.1) is 11.8 Å². The first-order valence-electron chi connectivity index (χ1n) is 6.94. The van der Waals surface area contributed by atoms with Gasteiger partial charge in [0.25, 0.3) is 0 Å². The maximum Gasteiger partial charge on any atom is 0.137 e. The van der Waals surface area contributed by atoms with Crippen molar-refractivity contribution in [3.8, 4) is 0 Å². The Bertz CT molecular complexity index is 411. The van der Waals surface area contributed by atoms with Crippen LogP contribution in [0, 0.1) is 5.82 Å². The van der Waals surface area contributed by atoms with Crippen LogP contribution in [0.4, 0.5) is 4.39 Å². The summed E-state index contributed by atoms with van der Waals surface area (Å²) in [5, 5.41) is 3.52. The average molecular weight is 283 g/mol. The van der Waals surface area contributed by atoms with Crippen molar-refractivity contribution in [1.82, 2.24) is 5.32 Å². The van der Waals surface area contributed by atoms with E-state index in [1.54, 1.807) is 23.9 Å². The Hall–Kier alpha value is -0.580. The summed E-state index contributed by atoms with van der Waals surface area (Å²) in [6.07, 6.45) is 2.35. The smallest absolute Gasteiger partial charge is 0.137 e. The van der Waals surface area contributed by atoms with Gasteiger partial charge in [0, 0.05) is 17.5 Å². The summed E-state index contributed by atoms with van der Waals surface area (Å²) in [4.78, 5) is 0.824. The van der Waals surface area contributed by atoms with Crippen molar-refractivity contribution in [2.45, 2.75) is 43.7 Å². The number of hydrogen-bond acceptors (Lipinski definition) is 3. The Kier molecular flexibility index (Phi) is 5.67. The van der Waals surface area contributed by atoms with E-state index >= 15 is 0 Å². The molecule has 4 heteroatoms. The lowest BCUT2D eigenvalue weighted by Gasteiger charge is -2.26. The van der Waals surface area contributed by atoms with Gasteiger partial charge in [0.05, 0.1) is 6.10 Å². The Morgan fingerprint density at radius 2 is 2.32 bits per heavy atom. The van der Waals surface area contributed by atoms with Gasteiger partial charge in [0.1, 0.15) is 5.82 Å². The van der Waals surface area contributed by atoms with Gasteiger partial charge in [-0.1, -0.05) is 12.1 Å². The minimum Gasteiger partial charge on any atom is -0.379 e. The highest BCUT2D eigenvalue weighted by atomic mass is 32.2. The van der Waals surface area contributed by atoms with E-state index in [1.165, 1.54) is 0 Å². The summed E-state index contributed by atoms with van der Waals surface area (Å²) in [5.41, 5.74) is 1.11. The largest absolute Gasteiger partial charge is 0.379 e. The van der Waals surface area contributed by atoms with Gasteiger partial charge >= 0.3 is 0 Å². The molecule has 1 aliphatic rings. The van der Waals surface area contributed by atoms with Crippen molar-refractivity contribution >= 4 is 11.8 Å². The van der Waals surface area contributed by atoms with Gasteiger partial charge in [0.15, 0.2) is 0 Å². The third-order valence-electron chi connectivity index (χ3n) is 3.19. The van der Waals surface area contributed by atoms with Gasteiger partial charge in [0.2, 0.25) is 0 Å². The summed E-state index contributed by atoms with van der Waals surface area (Å²) in [5.74, 6) is 0.894. The fraction of sp³-hybridized carbons (Fsp3) is 0.600. The molecule has 0 amide bonds. The minimum atomic E-state index is -0.0860. The topological polar surface area (TPSA) is 21.3 Å². The van der Waals surface area contributed by atoms with E-state index in [-0.39, 0.29) is 11.9 Å². The molecule has 0 aliphatic carbocycles. The second-order valence-corrected chi connectivity index (χ2v) is 6.18. The average Bonchev–Trinajstić information content (AvgIpc) is 2.39. The molecule has 0 spiro atoms. The standard InChI is InChI=1S/C15H22FNOS/c1-11(2)18-9-4-8-17-14-7-10-19-15-12(14)5-3-6-13(15)16/h3,5-6,11,14,17H,4,7-10H2,1-2H3. The van der Waals surface area contributed by atoms with Gasteiger partial charge in [-0.2, -0.15) is 0 Å². The molecule has 1 aromatic carbocycles. The first-order valence-corrected chi connectivity index (χ1v) is 7.93. The van der Waals surface area contributed by atoms with Crippen molar-refractivity contribution in [2.75, 3.05) is 18.9 Å². The molecule has 0 bridgehead atoms. The van der Waals surface area contributed by atoms with E-state index in [0.717, 1.165) is 42.2 Å². The van der Waals surface area contributed by atoms with Crippen molar-refractivity contribution in [1.29, 1.82) is 0 Å². The lowest BCUT2D eigenvalue weighted by Crippen LogP contribution is -2.26. The van der Waals surface area contributed by atoms with Gasteiger partial charge < -0.3 is 10.1 Å². The van der Waals surface area contributed by atoms with Crippen LogP contribution >= 0.6 is 11.8 Å². The quantitative estimate of drug-likeness (QED) is 0.803. The Morgan fingerprint density at radius 1 is 1.47 bits per heavy atom. The molecule has 19 heavy (non-hydrogen) atoms.